The van der Waals surface area contributed by atoms with Crippen LogP contribution in [-0.2, 0) is 4.79 Å². The highest BCUT2D eigenvalue weighted by atomic mass is 35.5. The molecular formula is C11H12ClN3O3. The average Bonchev–Trinajstić information content (AvgIpc) is 2.84. The fourth-order valence-electron chi connectivity index (χ4n) is 1.89. The summed E-state index contributed by atoms with van der Waals surface area (Å²) >= 11 is 5.70. The van der Waals surface area contributed by atoms with Crippen LogP contribution in [0.1, 0.15) is 12.8 Å². The molecule has 2 rings (SSSR count). The maximum absolute atomic E-state index is 11.8. The molecule has 1 aliphatic rings. The third kappa shape index (κ3) is 2.77. The summed E-state index contributed by atoms with van der Waals surface area (Å²) in [7, 11) is 0. The van der Waals surface area contributed by atoms with Crippen LogP contribution in [-0.4, -0.2) is 23.4 Å². The van der Waals surface area contributed by atoms with Crippen LogP contribution in [0.4, 0.5) is 11.4 Å². The summed E-state index contributed by atoms with van der Waals surface area (Å²) in [5.41, 5.74) is -0.0306. The van der Waals surface area contributed by atoms with E-state index >= 15 is 0 Å². The second-order valence-corrected chi connectivity index (χ2v) is 4.49. The molecule has 1 atom stereocenters. The largest absolute Gasteiger partial charge is 0.319 e. The molecule has 1 saturated heterocycles. The Balaban J connectivity index is 2.17. The van der Waals surface area contributed by atoms with Crippen LogP contribution in [0.15, 0.2) is 18.2 Å². The van der Waals surface area contributed by atoms with Crippen LogP contribution >= 0.6 is 11.6 Å². The number of carbonyl (C=O) groups excluding carboxylic acids is 1. The molecule has 1 aromatic rings. The van der Waals surface area contributed by atoms with Gasteiger partial charge >= 0.3 is 0 Å². The third-order valence-electron chi connectivity index (χ3n) is 2.79. The van der Waals surface area contributed by atoms with Crippen molar-refractivity contribution in [1.29, 1.82) is 0 Å². The first-order valence-corrected chi connectivity index (χ1v) is 5.94. The lowest BCUT2D eigenvalue weighted by molar-refractivity contribution is -0.383. The summed E-state index contributed by atoms with van der Waals surface area (Å²) in [6, 6.07) is 3.89. The van der Waals surface area contributed by atoms with Gasteiger partial charge in [-0.3, -0.25) is 14.9 Å². The Labute approximate surface area is 108 Å². The molecule has 1 aromatic carbocycles. The van der Waals surface area contributed by atoms with Gasteiger partial charge in [-0.2, -0.15) is 0 Å². The van der Waals surface area contributed by atoms with Crippen molar-refractivity contribution >= 4 is 28.9 Å². The number of nitrogens with one attached hydrogen (secondary N) is 2. The topological polar surface area (TPSA) is 84.3 Å². The Kier molecular flexibility index (Phi) is 3.78. The lowest BCUT2D eigenvalue weighted by Gasteiger charge is -2.11. The van der Waals surface area contributed by atoms with Gasteiger partial charge in [0.15, 0.2) is 0 Å². The molecule has 0 unspecified atom stereocenters. The Morgan fingerprint density at radius 1 is 1.56 bits per heavy atom. The number of hydrogen-bond donors (Lipinski definition) is 2. The van der Waals surface area contributed by atoms with Gasteiger partial charge in [-0.15, -0.1) is 0 Å². The summed E-state index contributed by atoms with van der Waals surface area (Å²) in [4.78, 5) is 22.1. The van der Waals surface area contributed by atoms with Crippen molar-refractivity contribution in [3.63, 3.8) is 0 Å². The first-order valence-electron chi connectivity index (χ1n) is 5.56. The number of amides is 1. The predicted octanol–water partition coefficient (Wildman–Crippen LogP) is 1.94. The van der Waals surface area contributed by atoms with Crippen molar-refractivity contribution in [2.45, 2.75) is 18.9 Å². The Hall–Kier alpha value is -1.66. The number of nitro groups is 1. The SMILES string of the molecule is O=C(Nc1ccc(Cl)cc1[N+](=O)[O-])[C@@H]1CCCN1. The smallest absolute Gasteiger partial charge is 0.294 e. The first kappa shape index (κ1) is 12.8. The molecule has 0 radical (unpaired) electrons. The van der Waals surface area contributed by atoms with E-state index in [1.165, 1.54) is 18.2 Å². The van der Waals surface area contributed by atoms with Gasteiger partial charge in [0.25, 0.3) is 5.69 Å². The lowest BCUT2D eigenvalue weighted by atomic mass is 10.2. The minimum Gasteiger partial charge on any atom is -0.319 e. The van der Waals surface area contributed by atoms with E-state index in [4.69, 9.17) is 11.6 Å². The number of nitro benzene ring substituents is 1. The minimum atomic E-state index is -0.566. The van der Waals surface area contributed by atoms with Crippen LogP contribution in [0.3, 0.4) is 0 Å². The Morgan fingerprint density at radius 2 is 2.33 bits per heavy atom. The van der Waals surface area contributed by atoms with Crippen molar-refractivity contribution in [2.75, 3.05) is 11.9 Å². The molecule has 0 bridgehead atoms. The number of rotatable bonds is 3. The van der Waals surface area contributed by atoms with Crippen LogP contribution in [0.25, 0.3) is 0 Å². The summed E-state index contributed by atoms with van der Waals surface area (Å²) < 4.78 is 0. The van der Waals surface area contributed by atoms with Gasteiger partial charge in [0.05, 0.1) is 11.0 Å². The Morgan fingerprint density at radius 3 is 2.94 bits per heavy atom. The normalized spacial score (nSPS) is 18.6. The number of carbonyl (C=O) groups is 1. The van der Waals surface area contributed by atoms with Gasteiger partial charge in [-0.25, -0.2) is 0 Å². The maximum Gasteiger partial charge on any atom is 0.294 e. The van der Waals surface area contributed by atoms with Crippen LogP contribution in [0.5, 0.6) is 0 Å². The molecule has 1 aliphatic heterocycles. The molecule has 0 spiro atoms. The van der Waals surface area contributed by atoms with Crippen LogP contribution < -0.4 is 10.6 Å². The van der Waals surface area contributed by atoms with Gasteiger partial charge in [-0.1, -0.05) is 11.6 Å². The fraction of sp³-hybridized carbons (Fsp3) is 0.364. The first-order chi connectivity index (χ1) is 8.58. The maximum atomic E-state index is 11.8. The highest BCUT2D eigenvalue weighted by Gasteiger charge is 2.24. The molecule has 2 N–H and O–H groups in total. The summed E-state index contributed by atoms with van der Waals surface area (Å²) in [6.45, 7) is 0.792. The molecule has 18 heavy (non-hydrogen) atoms. The second kappa shape index (κ2) is 5.32. The van der Waals surface area contributed by atoms with E-state index in [-0.39, 0.29) is 28.3 Å². The molecule has 6 nitrogen and oxygen atoms in total. The van der Waals surface area contributed by atoms with Crippen LogP contribution in [0.2, 0.25) is 5.02 Å². The third-order valence-corrected chi connectivity index (χ3v) is 3.03. The molecular weight excluding hydrogens is 258 g/mol. The number of nitrogens with zero attached hydrogens (tertiary/aromatic N) is 1. The van der Waals surface area contributed by atoms with Crippen molar-refractivity contribution in [1.82, 2.24) is 5.32 Å². The van der Waals surface area contributed by atoms with Gasteiger partial charge in [0.2, 0.25) is 5.91 Å². The zero-order valence-corrected chi connectivity index (χ0v) is 10.2. The number of hydrogen-bond acceptors (Lipinski definition) is 4. The van der Waals surface area contributed by atoms with E-state index in [0.717, 1.165) is 19.4 Å². The second-order valence-electron chi connectivity index (χ2n) is 4.06. The molecule has 1 heterocycles. The predicted molar refractivity (Wildman–Crippen MR) is 67.8 cm³/mol. The highest BCUT2D eigenvalue weighted by molar-refractivity contribution is 6.31. The zero-order valence-electron chi connectivity index (χ0n) is 9.48. The number of anilines is 1. The molecule has 0 saturated carbocycles. The van der Waals surface area contributed by atoms with E-state index < -0.39 is 4.92 Å². The Bertz CT molecular complexity index is 486. The average molecular weight is 270 g/mol. The van der Waals surface area contributed by atoms with Gasteiger partial charge in [-0.05, 0) is 31.5 Å². The van der Waals surface area contributed by atoms with Crippen molar-refractivity contribution in [3.8, 4) is 0 Å². The van der Waals surface area contributed by atoms with Crippen LogP contribution in [0, 0.1) is 10.1 Å². The summed E-state index contributed by atoms with van der Waals surface area (Å²) in [6.07, 6.45) is 1.67. The van der Waals surface area contributed by atoms with Crippen molar-refractivity contribution in [2.24, 2.45) is 0 Å². The lowest BCUT2D eigenvalue weighted by Crippen LogP contribution is -2.35. The monoisotopic (exact) mass is 269 g/mol. The molecule has 0 aliphatic carbocycles. The van der Waals surface area contributed by atoms with Crippen molar-refractivity contribution < 1.29 is 9.72 Å². The van der Waals surface area contributed by atoms with Gasteiger partial charge < -0.3 is 10.6 Å². The molecule has 0 aromatic heterocycles. The summed E-state index contributed by atoms with van der Waals surface area (Å²) in [5.74, 6) is -0.252. The number of halogens is 1. The van der Waals surface area contributed by atoms with E-state index in [2.05, 4.69) is 10.6 Å². The molecule has 1 amide bonds. The molecule has 1 fully saturated rings. The quantitative estimate of drug-likeness (QED) is 0.649. The van der Waals surface area contributed by atoms with E-state index in [1.54, 1.807) is 0 Å². The number of benzene rings is 1. The highest BCUT2D eigenvalue weighted by Crippen LogP contribution is 2.28. The standard InChI is InChI=1S/C11H12ClN3O3/c12-7-3-4-8(10(6-7)15(17)18)14-11(16)9-2-1-5-13-9/h3-4,6,9,13H,1-2,5H2,(H,14,16)/t9-/m0/s1. The fourth-order valence-corrected chi connectivity index (χ4v) is 2.06. The summed E-state index contributed by atoms with van der Waals surface area (Å²) in [5, 5.41) is 16.7. The molecule has 7 heteroatoms. The van der Waals surface area contributed by atoms with E-state index in [9.17, 15) is 14.9 Å². The van der Waals surface area contributed by atoms with Gasteiger partial charge in [0, 0.05) is 11.1 Å². The van der Waals surface area contributed by atoms with Crippen molar-refractivity contribution in [3.05, 3.63) is 33.3 Å². The van der Waals surface area contributed by atoms with Gasteiger partial charge in [0.1, 0.15) is 5.69 Å². The molecule has 96 valence electrons. The zero-order chi connectivity index (χ0) is 13.1. The van der Waals surface area contributed by atoms with E-state index in [1.807, 2.05) is 0 Å². The van der Waals surface area contributed by atoms with E-state index in [0.29, 0.717) is 0 Å². The minimum absolute atomic E-state index is 0.170.